The normalized spacial score (nSPS) is 14.0. The summed E-state index contributed by atoms with van der Waals surface area (Å²) >= 11 is 0. The Bertz CT molecular complexity index is 1240. The van der Waals surface area contributed by atoms with E-state index in [1.54, 1.807) is 32.9 Å². The Labute approximate surface area is 225 Å². The standard InChI is InChI=1S/C28H35N2O7P/c1-7-20-18(5)22-15-35-28(33)25(22)26(31)21(20)13-12-17(4)14-29-23-10-8-9-11-24(23)37-30(38-34)19(6)27(32)36-16(2)3/h8-12,16,19,29,31H,7,13-15H2,1-6H3/t19-/m0/s1. The number of phenols is 1. The van der Waals surface area contributed by atoms with Gasteiger partial charge in [0, 0.05) is 17.7 Å². The monoisotopic (exact) mass is 542 g/mol. The van der Waals surface area contributed by atoms with E-state index in [2.05, 4.69) is 5.32 Å². The molecule has 0 saturated heterocycles. The molecule has 2 N–H and O–H groups in total. The molecule has 1 heterocycles. The minimum atomic E-state index is -0.889. The summed E-state index contributed by atoms with van der Waals surface area (Å²) in [6, 6.07) is 6.24. The number of benzene rings is 2. The highest BCUT2D eigenvalue weighted by Crippen LogP contribution is 2.38. The van der Waals surface area contributed by atoms with Crippen LogP contribution in [-0.2, 0) is 38.3 Å². The van der Waals surface area contributed by atoms with E-state index >= 15 is 0 Å². The van der Waals surface area contributed by atoms with E-state index in [9.17, 15) is 19.3 Å². The summed E-state index contributed by atoms with van der Waals surface area (Å²) in [5.41, 5.74) is 5.44. The van der Waals surface area contributed by atoms with Crippen LogP contribution >= 0.6 is 8.61 Å². The molecule has 10 heteroatoms. The van der Waals surface area contributed by atoms with Gasteiger partial charge in [-0.2, -0.15) is 0 Å². The van der Waals surface area contributed by atoms with E-state index in [0.29, 0.717) is 24.4 Å². The van der Waals surface area contributed by atoms with Gasteiger partial charge in [0.25, 0.3) is 8.61 Å². The third-order valence-electron chi connectivity index (χ3n) is 6.40. The van der Waals surface area contributed by atoms with Gasteiger partial charge >= 0.3 is 11.9 Å². The molecule has 1 aliphatic rings. The fourth-order valence-electron chi connectivity index (χ4n) is 4.30. The predicted octanol–water partition coefficient (Wildman–Crippen LogP) is 5.68. The van der Waals surface area contributed by atoms with Crippen LogP contribution in [-0.4, -0.2) is 40.6 Å². The number of hydrogen-bond donors (Lipinski definition) is 2. The number of hydrogen-bond acceptors (Lipinski definition) is 8. The van der Waals surface area contributed by atoms with Crippen molar-refractivity contribution in [3.05, 3.63) is 63.7 Å². The second-order valence-corrected chi connectivity index (χ2v) is 10.0. The highest BCUT2D eigenvalue weighted by molar-refractivity contribution is 7.20. The first-order chi connectivity index (χ1) is 18.1. The maximum atomic E-state index is 12.3. The van der Waals surface area contributed by atoms with Gasteiger partial charge in [-0.3, -0.25) is 9.36 Å². The zero-order valence-corrected chi connectivity index (χ0v) is 23.6. The summed E-state index contributed by atoms with van der Waals surface area (Å²) < 4.78 is 22.1. The molecule has 1 atom stereocenters. The van der Waals surface area contributed by atoms with Crippen LogP contribution < -0.4 is 10.2 Å². The summed E-state index contributed by atoms with van der Waals surface area (Å²) in [6.07, 6.45) is 2.89. The molecule has 0 fully saturated rings. The molecule has 0 bridgehead atoms. The number of allylic oxidation sites excluding steroid dienone is 1. The third kappa shape index (κ3) is 6.52. The molecule has 0 radical (unpaired) electrons. The number of ether oxygens (including phenoxy) is 2. The first-order valence-electron chi connectivity index (χ1n) is 12.6. The number of carbonyl (C=O) groups excluding carboxylic acids is 2. The van der Waals surface area contributed by atoms with Crippen LogP contribution in [0.5, 0.6) is 11.5 Å². The number of phenolic OH excluding ortho intramolecular Hbond substituents is 1. The van der Waals surface area contributed by atoms with Gasteiger partial charge < -0.3 is 24.7 Å². The average Bonchev–Trinajstić information content (AvgIpc) is 3.28. The molecule has 9 nitrogen and oxygen atoms in total. The van der Waals surface area contributed by atoms with Gasteiger partial charge in [-0.1, -0.05) is 30.7 Å². The van der Waals surface area contributed by atoms with Crippen molar-refractivity contribution in [2.24, 2.45) is 0 Å². The summed E-state index contributed by atoms with van der Waals surface area (Å²) in [5, 5.41) is 14.2. The second-order valence-electron chi connectivity index (χ2n) is 9.46. The van der Waals surface area contributed by atoms with Gasteiger partial charge in [-0.05, 0) is 75.6 Å². The van der Waals surface area contributed by atoms with E-state index in [1.165, 1.54) is 0 Å². The van der Waals surface area contributed by atoms with Crippen LogP contribution in [0.1, 0.15) is 67.2 Å². The molecule has 0 aromatic heterocycles. The Hall–Kier alpha value is -3.42. The summed E-state index contributed by atoms with van der Waals surface area (Å²) in [7, 11) is -0.486. The van der Waals surface area contributed by atoms with E-state index < -0.39 is 26.6 Å². The number of carbonyl (C=O) groups is 2. The van der Waals surface area contributed by atoms with Crippen molar-refractivity contribution in [3.63, 3.8) is 0 Å². The Morgan fingerprint density at radius 3 is 2.63 bits per heavy atom. The molecule has 38 heavy (non-hydrogen) atoms. The summed E-state index contributed by atoms with van der Waals surface area (Å²) in [5.74, 6) is -0.631. The van der Waals surface area contributed by atoms with Gasteiger partial charge in [0.05, 0.1) is 11.8 Å². The lowest BCUT2D eigenvalue weighted by Crippen LogP contribution is -2.37. The van der Waals surface area contributed by atoms with Gasteiger partial charge in [-0.15, -0.1) is 0 Å². The number of aromatic hydroxyl groups is 1. The van der Waals surface area contributed by atoms with Crippen molar-refractivity contribution in [1.82, 2.24) is 4.83 Å². The van der Waals surface area contributed by atoms with Crippen molar-refractivity contribution in [2.45, 2.75) is 73.1 Å². The maximum absolute atomic E-state index is 12.3. The van der Waals surface area contributed by atoms with Crippen LogP contribution in [0.2, 0.25) is 0 Å². The Morgan fingerprint density at radius 2 is 1.97 bits per heavy atom. The number of esters is 2. The molecule has 0 amide bonds. The fraction of sp³-hybridized carbons (Fsp3) is 0.429. The quantitative estimate of drug-likeness (QED) is 0.151. The lowest BCUT2D eigenvalue weighted by Gasteiger charge is -2.23. The molecule has 0 aliphatic carbocycles. The molecule has 0 saturated carbocycles. The Kier molecular flexibility index (Phi) is 9.89. The number of rotatable bonds is 12. The zero-order valence-electron chi connectivity index (χ0n) is 22.7. The molecule has 3 rings (SSSR count). The number of anilines is 1. The van der Waals surface area contributed by atoms with Gasteiger partial charge in [0.15, 0.2) is 11.8 Å². The van der Waals surface area contributed by atoms with Crippen LogP contribution in [0.4, 0.5) is 5.69 Å². The topological polar surface area (TPSA) is 114 Å². The number of nitrogens with zero attached hydrogens (tertiary/aromatic N) is 1. The van der Waals surface area contributed by atoms with Crippen molar-refractivity contribution in [1.29, 1.82) is 0 Å². The van der Waals surface area contributed by atoms with Gasteiger partial charge in [0.1, 0.15) is 17.9 Å². The molecule has 0 unspecified atom stereocenters. The molecule has 2 aromatic carbocycles. The number of nitrogens with one attached hydrogen (secondary N) is 1. The first kappa shape index (κ1) is 29.1. The van der Waals surface area contributed by atoms with Crippen LogP contribution in [0.25, 0.3) is 0 Å². The van der Waals surface area contributed by atoms with Crippen LogP contribution in [0.15, 0.2) is 35.9 Å². The number of fused-ring (bicyclic) bond motifs is 1. The summed E-state index contributed by atoms with van der Waals surface area (Å²) in [6.45, 7) is 11.6. The van der Waals surface area contributed by atoms with Crippen molar-refractivity contribution >= 4 is 26.2 Å². The minimum Gasteiger partial charge on any atom is -0.507 e. The molecule has 2 aromatic rings. The number of hydroxylamine groups is 1. The SMILES string of the molecule is CCc1c(C)c2c(c(O)c1CC=C(C)CNc1ccccc1ON(P=O)[C@@H](C)C(=O)OC(C)C)C(=O)OC2. The molecular weight excluding hydrogens is 507 g/mol. The average molecular weight is 543 g/mol. The number of cyclic esters (lactones) is 1. The molecule has 0 spiro atoms. The fourth-order valence-corrected chi connectivity index (χ4v) is 4.66. The summed E-state index contributed by atoms with van der Waals surface area (Å²) in [4.78, 5) is 31.2. The van der Waals surface area contributed by atoms with E-state index in [-0.39, 0.29) is 24.0 Å². The third-order valence-corrected chi connectivity index (χ3v) is 6.98. The molecular formula is C28H35N2O7P. The molecule has 1 aliphatic heterocycles. The van der Waals surface area contributed by atoms with Gasteiger partial charge in [-0.25, -0.2) is 4.79 Å². The van der Waals surface area contributed by atoms with Crippen LogP contribution in [0.3, 0.4) is 0 Å². The Balaban J connectivity index is 1.73. The van der Waals surface area contributed by atoms with Crippen molar-refractivity contribution in [3.8, 4) is 11.5 Å². The van der Waals surface area contributed by atoms with E-state index in [0.717, 1.165) is 39.1 Å². The highest BCUT2D eigenvalue weighted by atomic mass is 31.1. The van der Waals surface area contributed by atoms with E-state index in [4.69, 9.17) is 14.3 Å². The zero-order chi connectivity index (χ0) is 28.0. The highest BCUT2D eigenvalue weighted by Gasteiger charge is 2.31. The smallest absolute Gasteiger partial charge is 0.342 e. The number of para-hydroxylation sites is 2. The van der Waals surface area contributed by atoms with Crippen molar-refractivity contribution < 1.29 is 33.6 Å². The lowest BCUT2D eigenvalue weighted by molar-refractivity contribution is -0.157. The largest absolute Gasteiger partial charge is 0.507 e. The second kappa shape index (κ2) is 12.9. The minimum absolute atomic E-state index is 0.00249. The van der Waals surface area contributed by atoms with Crippen molar-refractivity contribution in [2.75, 3.05) is 11.9 Å². The van der Waals surface area contributed by atoms with E-state index in [1.807, 2.05) is 39.0 Å². The first-order valence-corrected chi connectivity index (χ1v) is 13.4. The lowest BCUT2D eigenvalue weighted by atomic mass is 9.89. The van der Waals surface area contributed by atoms with Gasteiger partial charge in [0.2, 0.25) is 0 Å². The Morgan fingerprint density at radius 1 is 1.26 bits per heavy atom. The predicted molar refractivity (Wildman–Crippen MR) is 144 cm³/mol. The van der Waals surface area contributed by atoms with Crippen LogP contribution in [0, 0.1) is 6.92 Å². The molecule has 204 valence electrons. The maximum Gasteiger partial charge on any atom is 0.342 e.